The molecule has 0 radical (unpaired) electrons. The molecule has 0 aliphatic rings. The third-order valence-corrected chi connectivity index (χ3v) is 5.22. The number of likely N-dealkylation sites (N-methyl/N-ethyl adjacent to an activating group) is 1. The molecule has 31 heavy (non-hydrogen) atoms. The minimum atomic E-state index is -1.05. The molecule has 0 saturated carbocycles. The smallest absolute Gasteiger partial charge is 0.317 e. The molecule has 0 fully saturated rings. The van der Waals surface area contributed by atoms with E-state index in [9.17, 15) is 14.7 Å². The third kappa shape index (κ3) is 8.12. The second-order valence-corrected chi connectivity index (χ2v) is 7.45. The molecule has 0 unspecified atom stereocenters. The Morgan fingerprint density at radius 2 is 1.42 bits per heavy atom. The van der Waals surface area contributed by atoms with Crippen molar-refractivity contribution in [2.75, 3.05) is 52.4 Å². The highest BCUT2D eigenvalue weighted by Crippen LogP contribution is 2.22. The van der Waals surface area contributed by atoms with Gasteiger partial charge in [0.1, 0.15) is 11.3 Å². The number of para-hydroxylation sites is 1. The number of rotatable bonds is 14. The Kier molecular flexibility index (Phi) is 9.64. The van der Waals surface area contributed by atoms with Crippen molar-refractivity contribution in [2.45, 2.75) is 20.4 Å². The Morgan fingerprint density at radius 3 is 2.00 bits per heavy atom. The molecular weight excluding hydrogens is 400 g/mol. The van der Waals surface area contributed by atoms with Gasteiger partial charge in [-0.25, -0.2) is 4.98 Å². The van der Waals surface area contributed by atoms with E-state index in [1.165, 1.54) is 4.90 Å². The summed E-state index contributed by atoms with van der Waals surface area (Å²) in [5.41, 5.74) is 1.33. The van der Waals surface area contributed by atoms with Crippen molar-refractivity contribution < 1.29 is 24.9 Å². The third-order valence-electron chi connectivity index (χ3n) is 5.22. The molecule has 0 aliphatic carbocycles. The summed E-state index contributed by atoms with van der Waals surface area (Å²) in [6.45, 7) is 8.31. The average molecular weight is 433 g/mol. The molecule has 1 heterocycles. The lowest BCUT2D eigenvalue weighted by molar-refractivity contribution is -0.141. The maximum atomic E-state index is 11.1. The summed E-state index contributed by atoms with van der Waals surface area (Å²) in [7, 11) is 0. The van der Waals surface area contributed by atoms with Crippen LogP contribution in [0.25, 0.3) is 10.9 Å². The van der Waals surface area contributed by atoms with E-state index in [0.29, 0.717) is 25.2 Å². The molecular formula is C22H32N4O5. The first-order valence-corrected chi connectivity index (χ1v) is 10.5. The first kappa shape index (κ1) is 24.5. The molecule has 170 valence electrons. The molecule has 0 saturated heterocycles. The van der Waals surface area contributed by atoms with E-state index < -0.39 is 11.9 Å². The Bertz CT molecular complexity index is 856. The van der Waals surface area contributed by atoms with Crippen LogP contribution in [0.3, 0.4) is 0 Å². The number of benzene rings is 1. The normalized spacial score (nSPS) is 11.6. The number of hydrogen-bond donors (Lipinski definition) is 3. The molecule has 2 rings (SSSR count). The molecule has 9 nitrogen and oxygen atoms in total. The van der Waals surface area contributed by atoms with Gasteiger partial charge in [0.05, 0.1) is 18.8 Å². The Hall–Kier alpha value is -2.75. The molecule has 0 aliphatic heterocycles. The Labute approximate surface area is 182 Å². The zero-order chi connectivity index (χ0) is 22.8. The van der Waals surface area contributed by atoms with E-state index in [4.69, 9.17) is 10.2 Å². The van der Waals surface area contributed by atoms with Crippen LogP contribution in [0.1, 0.15) is 19.5 Å². The Morgan fingerprint density at radius 1 is 0.839 bits per heavy atom. The summed E-state index contributed by atoms with van der Waals surface area (Å²) in [5.74, 6) is -1.98. The molecule has 0 atom stereocenters. The molecule has 2 aromatic rings. The summed E-state index contributed by atoms with van der Waals surface area (Å²) >= 11 is 0. The van der Waals surface area contributed by atoms with Crippen LogP contribution in [-0.2, 0) is 16.1 Å². The van der Waals surface area contributed by atoms with Gasteiger partial charge in [-0.2, -0.15) is 0 Å². The van der Waals surface area contributed by atoms with Crippen LogP contribution in [0.15, 0.2) is 30.3 Å². The standard InChI is InChI=1S/C22H32N4O5/c1-3-24(4-2)10-11-25(12-13-26(15-20(28)29)16-21(30)31)14-18-9-8-17-6-5-7-19(27)22(17)23-18/h5-9,27H,3-4,10-16H2,1-2H3,(H,28,29)(H,30,31). The molecule has 3 N–H and O–H groups in total. The maximum absolute atomic E-state index is 11.1. The van der Waals surface area contributed by atoms with Crippen molar-refractivity contribution in [3.05, 3.63) is 36.0 Å². The van der Waals surface area contributed by atoms with Gasteiger partial charge in [0.2, 0.25) is 0 Å². The largest absolute Gasteiger partial charge is 0.506 e. The van der Waals surface area contributed by atoms with E-state index in [0.717, 1.165) is 37.3 Å². The van der Waals surface area contributed by atoms with Crippen LogP contribution in [0.4, 0.5) is 0 Å². The van der Waals surface area contributed by atoms with E-state index in [2.05, 4.69) is 28.6 Å². The second kappa shape index (κ2) is 12.2. The van der Waals surface area contributed by atoms with Gasteiger partial charge < -0.3 is 20.2 Å². The van der Waals surface area contributed by atoms with Gasteiger partial charge in [-0.1, -0.05) is 32.0 Å². The fourth-order valence-electron chi connectivity index (χ4n) is 3.46. The van der Waals surface area contributed by atoms with Gasteiger partial charge in [0.15, 0.2) is 0 Å². The second-order valence-electron chi connectivity index (χ2n) is 7.45. The fourth-order valence-corrected chi connectivity index (χ4v) is 3.46. The van der Waals surface area contributed by atoms with E-state index >= 15 is 0 Å². The number of carboxylic acids is 2. The fraction of sp³-hybridized carbons (Fsp3) is 0.500. The number of nitrogens with zero attached hydrogens (tertiary/aromatic N) is 4. The minimum Gasteiger partial charge on any atom is -0.506 e. The van der Waals surface area contributed by atoms with E-state index in [-0.39, 0.29) is 18.8 Å². The number of pyridine rings is 1. The summed E-state index contributed by atoms with van der Waals surface area (Å²) in [6, 6.07) is 9.10. The number of aromatic hydroxyl groups is 1. The van der Waals surface area contributed by atoms with E-state index in [1.54, 1.807) is 12.1 Å². The summed E-state index contributed by atoms with van der Waals surface area (Å²) in [4.78, 5) is 32.6. The van der Waals surface area contributed by atoms with Crippen LogP contribution in [0.2, 0.25) is 0 Å². The number of carboxylic acid groups (broad SMARTS) is 2. The van der Waals surface area contributed by atoms with Crippen molar-refractivity contribution in [3.8, 4) is 5.75 Å². The first-order chi connectivity index (χ1) is 14.8. The lowest BCUT2D eigenvalue weighted by Crippen LogP contribution is -2.42. The number of carbonyl (C=O) groups is 2. The first-order valence-electron chi connectivity index (χ1n) is 10.5. The predicted octanol–water partition coefficient (Wildman–Crippen LogP) is 1.56. The summed E-state index contributed by atoms with van der Waals surface area (Å²) in [5, 5.41) is 29.1. The van der Waals surface area contributed by atoms with Crippen molar-refractivity contribution >= 4 is 22.8 Å². The number of phenols is 1. The number of fused-ring (bicyclic) bond motifs is 1. The highest BCUT2D eigenvalue weighted by molar-refractivity contribution is 5.84. The summed E-state index contributed by atoms with van der Waals surface area (Å²) < 4.78 is 0. The zero-order valence-corrected chi connectivity index (χ0v) is 18.2. The highest BCUT2D eigenvalue weighted by Gasteiger charge is 2.16. The van der Waals surface area contributed by atoms with Gasteiger partial charge in [-0.15, -0.1) is 0 Å². The van der Waals surface area contributed by atoms with Crippen molar-refractivity contribution in [2.24, 2.45) is 0 Å². The number of hydrogen-bond acceptors (Lipinski definition) is 7. The number of aliphatic carboxylic acids is 2. The SMILES string of the molecule is CCN(CC)CCN(CCN(CC(=O)O)CC(=O)O)Cc1ccc2cccc(O)c2n1. The molecule has 9 heteroatoms. The zero-order valence-electron chi connectivity index (χ0n) is 18.2. The van der Waals surface area contributed by atoms with E-state index in [1.807, 2.05) is 18.2 Å². The van der Waals surface area contributed by atoms with Crippen molar-refractivity contribution in [1.82, 2.24) is 19.7 Å². The van der Waals surface area contributed by atoms with Crippen molar-refractivity contribution in [3.63, 3.8) is 0 Å². The van der Waals surface area contributed by atoms with Crippen LogP contribution in [0, 0.1) is 0 Å². The van der Waals surface area contributed by atoms with Gasteiger partial charge in [0, 0.05) is 38.1 Å². The van der Waals surface area contributed by atoms with Gasteiger partial charge in [-0.3, -0.25) is 19.4 Å². The lowest BCUT2D eigenvalue weighted by Gasteiger charge is -2.28. The number of aromatic nitrogens is 1. The maximum Gasteiger partial charge on any atom is 0.317 e. The van der Waals surface area contributed by atoms with Crippen LogP contribution < -0.4 is 0 Å². The number of phenolic OH excluding ortho intramolecular Hbond substituents is 1. The van der Waals surface area contributed by atoms with Crippen molar-refractivity contribution in [1.29, 1.82) is 0 Å². The molecule has 1 aromatic heterocycles. The molecule has 1 aromatic carbocycles. The topological polar surface area (TPSA) is 117 Å². The van der Waals surface area contributed by atoms with Gasteiger partial charge in [0.25, 0.3) is 0 Å². The van der Waals surface area contributed by atoms with Crippen LogP contribution in [0.5, 0.6) is 5.75 Å². The average Bonchev–Trinajstić information content (AvgIpc) is 2.72. The summed E-state index contributed by atoms with van der Waals surface area (Å²) in [6.07, 6.45) is 0. The Balaban J connectivity index is 2.14. The van der Waals surface area contributed by atoms with Gasteiger partial charge in [-0.05, 0) is 25.2 Å². The molecule has 0 amide bonds. The highest BCUT2D eigenvalue weighted by atomic mass is 16.4. The minimum absolute atomic E-state index is 0.128. The monoisotopic (exact) mass is 432 g/mol. The predicted molar refractivity (Wildman–Crippen MR) is 118 cm³/mol. The molecule has 0 spiro atoms. The van der Waals surface area contributed by atoms with Crippen LogP contribution >= 0.6 is 0 Å². The molecule has 0 bridgehead atoms. The van der Waals surface area contributed by atoms with Gasteiger partial charge >= 0.3 is 11.9 Å². The lowest BCUT2D eigenvalue weighted by atomic mass is 10.2. The quantitative estimate of drug-likeness (QED) is 0.409. The van der Waals surface area contributed by atoms with Crippen LogP contribution in [-0.4, -0.2) is 99.3 Å².